The van der Waals surface area contributed by atoms with E-state index in [1.165, 1.54) is 0 Å². The predicted octanol–water partition coefficient (Wildman–Crippen LogP) is 4.26. The maximum Gasteiger partial charge on any atom is 0.338 e. The van der Waals surface area contributed by atoms with Crippen molar-refractivity contribution in [3.8, 4) is 11.5 Å². The van der Waals surface area contributed by atoms with Crippen LogP contribution in [0.15, 0.2) is 72.8 Å². The van der Waals surface area contributed by atoms with E-state index in [-0.39, 0.29) is 19.0 Å². The van der Waals surface area contributed by atoms with Crippen molar-refractivity contribution >= 4 is 33.5 Å². The monoisotopic (exact) mass is 500 g/mol. The molecule has 0 unspecified atom stereocenters. The van der Waals surface area contributed by atoms with Crippen molar-refractivity contribution < 1.29 is 38.4 Å². The van der Waals surface area contributed by atoms with E-state index in [4.69, 9.17) is 23.7 Å². The molecule has 0 spiro atoms. The average molecular weight is 501 g/mol. The summed E-state index contributed by atoms with van der Waals surface area (Å²) in [5.74, 6) is -0.0716. The summed E-state index contributed by atoms with van der Waals surface area (Å²) in [5, 5.41) is 13.1. The number of phenols is 1. The van der Waals surface area contributed by atoms with Gasteiger partial charge in [-0.3, -0.25) is 0 Å². The van der Waals surface area contributed by atoms with Gasteiger partial charge in [-0.25, -0.2) is 9.59 Å². The topological polar surface area (TPSA) is 101 Å². The minimum atomic E-state index is -0.618. The van der Waals surface area contributed by atoms with Crippen molar-refractivity contribution in [2.24, 2.45) is 0 Å². The number of carbonyl (C=O) groups is 2. The first-order chi connectivity index (χ1) is 18.0. The first-order valence-electron chi connectivity index (χ1n) is 11.9. The lowest BCUT2D eigenvalue weighted by Crippen LogP contribution is -2.36. The van der Waals surface area contributed by atoms with E-state index in [9.17, 15) is 14.7 Å². The molecular weight excluding hydrogens is 476 g/mol. The number of rotatable bonds is 5. The van der Waals surface area contributed by atoms with E-state index >= 15 is 0 Å². The molecule has 2 aliphatic heterocycles. The van der Waals surface area contributed by atoms with Gasteiger partial charge in [0.1, 0.15) is 23.7 Å². The maximum absolute atomic E-state index is 12.9. The highest BCUT2D eigenvalue weighted by molar-refractivity contribution is 5.96. The Balaban J connectivity index is 1.10. The first kappa shape index (κ1) is 23.3. The summed E-state index contributed by atoms with van der Waals surface area (Å²) in [5.41, 5.74) is 0.809. The van der Waals surface area contributed by atoms with Crippen molar-refractivity contribution in [3.63, 3.8) is 0 Å². The molecule has 0 aromatic heterocycles. The van der Waals surface area contributed by atoms with Gasteiger partial charge in [0.2, 0.25) is 0 Å². The van der Waals surface area contributed by atoms with Gasteiger partial charge in [0.15, 0.2) is 12.2 Å². The van der Waals surface area contributed by atoms with Gasteiger partial charge in [-0.05, 0) is 70.1 Å². The van der Waals surface area contributed by atoms with Crippen molar-refractivity contribution in [1.82, 2.24) is 0 Å². The van der Waals surface area contributed by atoms with Crippen molar-refractivity contribution in [3.05, 3.63) is 83.9 Å². The minimum absolute atomic E-state index is 0.147. The lowest BCUT2D eigenvalue weighted by molar-refractivity contribution is -0.0287. The lowest BCUT2D eigenvalue weighted by Gasteiger charge is -2.17. The van der Waals surface area contributed by atoms with Crippen LogP contribution in [0.5, 0.6) is 11.5 Å². The third-order valence-corrected chi connectivity index (χ3v) is 6.82. The summed E-state index contributed by atoms with van der Waals surface area (Å²) < 4.78 is 28.3. The van der Waals surface area contributed by atoms with E-state index in [0.29, 0.717) is 11.1 Å². The Hall–Kier alpha value is -4.14. The molecule has 4 atom stereocenters. The van der Waals surface area contributed by atoms with Gasteiger partial charge in [0, 0.05) is 0 Å². The summed E-state index contributed by atoms with van der Waals surface area (Å²) in [4.78, 5) is 25.7. The quantitative estimate of drug-likeness (QED) is 0.406. The Kier molecular flexibility index (Phi) is 5.90. The molecule has 2 fully saturated rings. The summed E-state index contributed by atoms with van der Waals surface area (Å²) in [7, 11) is 1.61. The number of esters is 2. The smallest absolute Gasteiger partial charge is 0.338 e. The summed E-state index contributed by atoms with van der Waals surface area (Å²) in [6.07, 6.45) is -2.28. The summed E-state index contributed by atoms with van der Waals surface area (Å²) >= 11 is 0. The Morgan fingerprint density at radius 2 is 1.19 bits per heavy atom. The number of methoxy groups -OCH3 is 1. The number of phenolic OH excluding ortho intramolecular Hbond substituents is 1. The third kappa shape index (κ3) is 4.45. The number of hydrogen-bond acceptors (Lipinski definition) is 8. The molecule has 4 aromatic carbocycles. The molecule has 0 radical (unpaired) electrons. The standard InChI is InChI=1S/C29H24O8/c1-33-23-9-7-17-11-21(5-3-19(17)13-23)29(32)37-25-15-35-26-24(14-34-27(25)26)36-28(31)20-4-2-18-12-22(30)8-6-16(18)10-20/h2-13,24-27,30H,14-15H2,1H3/t24-,25+,26-,27-/m1/s1. The highest BCUT2D eigenvalue weighted by Crippen LogP contribution is 2.32. The number of hydrogen-bond donors (Lipinski definition) is 1. The fraction of sp³-hybridized carbons (Fsp3) is 0.241. The molecule has 8 heteroatoms. The molecule has 37 heavy (non-hydrogen) atoms. The van der Waals surface area contributed by atoms with Crippen LogP contribution in [-0.4, -0.2) is 61.8 Å². The zero-order valence-corrected chi connectivity index (χ0v) is 20.0. The van der Waals surface area contributed by atoms with E-state index in [2.05, 4.69) is 0 Å². The number of ether oxygens (including phenoxy) is 5. The highest BCUT2D eigenvalue weighted by atomic mass is 16.7. The van der Waals surface area contributed by atoms with Crippen molar-refractivity contribution in [2.45, 2.75) is 24.4 Å². The van der Waals surface area contributed by atoms with E-state index in [1.807, 2.05) is 24.3 Å². The van der Waals surface area contributed by atoms with Gasteiger partial charge in [-0.15, -0.1) is 0 Å². The Morgan fingerprint density at radius 3 is 1.76 bits per heavy atom. The highest BCUT2D eigenvalue weighted by Gasteiger charge is 2.51. The van der Waals surface area contributed by atoms with E-state index in [0.717, 1.165) is 27.3 Å². The molecule has 2 saturated heterocycles. The molecular formula is C29H24O8. The number of aromatic hydroxyl groups is 1. The Morgan fingerprint density at radius 1 is 0.703 bits per heavy atom. The number of carbonyl (C=O) groups excluding carboxylic acids is 2. The summed E-state index contributed by atoms with van der Waals surface area (Å²) in [6, 6.07) is 21.0. The van der Waals surface area contributed by atoms with Crippen molar-refractivity contribution in [2.75, 3.05) is 20.3 Å². The van der Waals surface area contributed by atoms with Gasteiger partial charge < -0.3 is 28.8 Å². The Bertz CT molecular complexity index is 1510. The number of benzene rings is 4. The second-order valence-electron chi connectivity index (χ2n) is 9.16. The predicted molar refractivity (Wildman–Crippen MR) is 134 cm³/mol. The van der Waals surface area contributed by atoms with Crippen molar-refractivity contribution in [1.29, 1.82) is 0 Å². The van der Waals surface area contributed by atoms with Crippen LogP contribution in [-0.2, 0) is 18.9 Å². The van der Waals surface area contributed by atoms with Gasteiger partial charge >= 0.3 is 11.9 Å². The minimum Gasteiger partial charge on any atom is -0.508 e. The van der Waals surface area contributed by atoms with E-state index < -0.39 is 36.4 Å². The van der Waals surface area contributed by atoms with Gasteiger partial charge in [-0.1, -0.05) is 24.3 Å². The molecule has 0 amide bonds. The fourth-order valence-corrected chi connectivity index (χ4v) is 4.88. The lowest BCUT2D eigenvalue weighted by atomic mass is 10.1. The fourth-order valence-electron chi connectivity index (χ4n) is 4.88. The summed E-state index contributed by atoms with van der Waals surface area (Å²) in [6.45, 7) is 0.299. The molecule has 4 aromatic rings. The molecule has 0 saturated carbocycles. The number of fused-ring (bicyclic) bond motifs is 3. The molecule has 2 heterocycles. The normalized spacial score (nSPS) is 22.6. The molecule has 0 aliphatic carbocycles. The zero-order chi connectivity index (χ0) is 25.5. The molecule has 6 rings (SSSR count). The van der Waals surface area contributed by atoms with Crippen LogP contribution in [0.3, 0.4) is 0 Å². The SMILES string of the molecule is COc1ccc2cc(C(=O)O[C@H]3CO[C@H]4[C@@H]3OC[C@H]4OC(=O)c3ccc4cc(O)ccc4c3)ccc2c1. The molecule has 1 N–H and O–H groups in total. The maximum atomic E-state index is 12.9. The van der Waals surface area contributed by atoms with Crippen LogP contribution < -0.4 is 4.74 Å². The third-order valence-electron chi connectivity index (χ3n) is 6.82. The molecule has 8 nitrogen and oxygen atoms in total. The molecule has 2 aliphatic rings. The molecule has 188 valence electrons. The van der Waals surface area contributed by atoms with Crippen LogP contribution in [0, 0.1) is 0 Å². The van der Waals surface area contributed by atoms with Crippen LogP contribution in [0.2, 0.25) is 0 Å². The van der Waals surface area contributed by atoms with Gasteiger partial charge in [-0.2, -0.15) is 0 Å². The van der Waals surface area contributed by atoms with Gasteiger partial charge in [0.25, 0.3) is 0 Å². The average Bonchev–Trinajstić information content (AvgIpc) is 3.50. The zero-order valence-electron chi connectivity index (χ0n) is 20.0. The second kappa shape index (κ2) is 9.38. The van der Waals surface area contributed by atoms with Gasteiger partial charge in [0.05, 0.1) is 31.5 Å². The molecule has 0 bridgehead atoms. The first-order valence-corrected chi connectivity index (χ1v) is 11.9. The van der Waals surface area contributed by atoms with Crippen LogP contribution in [0.25, 0.3) is 21.5 Å². The van der Waals surface area contributed by atoms with Crippen LogP contribution >= 0.6 is 0 Å². The van der Waals surface area contributed by atoms with Crippen LogP contribution in [0.1, 0.15) is 20.7 Å². The second-order valence-corrected chi connectivity index (χ2v) is 9.16. The Labute approximate surface area is 212 Å². The van der Waals surface area contributed by atoms with Crippen LogP contribution in [0.4, 0.5) is 0 Å². The largest absolute Gasteiger partial charge is 0.508 e. The van der Waals surface area contributed by atoms with E-state index in [1.54, 1.807) is 55.6 Å².